The number of rotatable bonds is 6. The van der Waals surface area contributed by atoms with E-state index in [-0.39, 0.29) is 11.8 Å². The molecule has 0 fully saturated rings. The van der Waals surface area contributed by atoms with Crippen LogP contribution in [0.1, 0.15) is 25.3 Å². The molecule has 0 aliphatic heterocycles. The largest absolute Gasteiger partial charge is 0.463 e. The summed E-state index contributed by atoms with van der Waals surface area (Å²) in [7, 11) is 1.50. The lowest BCUT2D eigenvalue weighted by Gasteiger charge is -2.22. The fourth-order valence-corrected chi connectivity index (χ4v) is 2.10. The third-order valence-electron chi connectivity index (χ3n) is 3.31. The fraction of sp³-hybridized carbons (Fsp3) is 0.375. The Morgan fingerprint density at radius 3 is 2.46 bits per heavy atom. The Morgan fingerprint density at radius 2 is 1.88 bits per heavy atom. The van der Waals surface area contributed by atoms with Crippen LogP contribution in [0.15, 0.2) is 30.5 Å². The third-order valence-corrected chi connectivity index (χ3v) is 3.56. The molecule has 24 heavy (non-hydrogen) atoms. The average Bonchev–Trinajstić information content (AvgIpc) is 2.54. The Bertz CT molecular complexity index is 677. The Labute approximate surface area is 143 Å². The smallest absolute Gasteiger partial charge is 0.421 e. The van der Waals surface area contributed by atoms with Crippen molar-refractivity contribution in [1.82, 2.24) is 9.97 Å². The van der Waals surface area contributed by atoms with Crippen molar-refractivity contribution in [3.05, 3.63) is 41.0 Å². The molecule has 8 heteroatoms. The molecule has 0 aliphatic rings. The minimum absolute atomic E-state index is 0.0766. The zero-order chi connectivity index (χ0) is 17.7. The van der Waals surface area contributed by atoms with Gasteiger partial charge in [-0.3, -0.25) is 0 Å². The van der Waals surface area contributed by atoms with Crippen LogP contribution in [0.4, 0.5) is 24.7 Å². The minimum atomic E-state index is -4.57. The number of anilines is 2. The van der Waals surface area contributed by atoms with Gasteiger partial charge in [0.05, 0.1) is 6.61 Å². The van der Waals surface area contributed by atoms with Gasteiger partial charge < -0.3 is 9.64 Å². The monoisotopic (exact) mass is 359 g/mol. The fourth-order valence-electron chi connectivity index (χ4n) is 1.98. The van der Waals surface area contributed by atoms with Gasteiger partial charge in [-0.15, -0.1) is 0 Å². The van der Waals surface area contributed by atoms with Crippen molar-refractivity contribution in [2.45, 2.75) is 25.9 Å². The predicted molar refractivity (Wildman–Crippen MR) is 87.0 cm³/mol. The van der Waals surface area contributed by atoms with Gasteiger partial charge in [0.1, 0.15) is 5.56 Å². The van der Waals surface area contributed by atoms with Gasteiger partial charge in [0.25, 0.3) is 0 Å². The van der Waals surface area contributed by atoms with E-state index >= 15 is 0 Å². The van der Waals surface area contributed by atoms with Crippen molar-refractivity contribution in [2.75, 3.05) is 18.6 Å². The maximum atomic E-state index is 13.3. The van der Waals surface area contributed by atoms with Crippen LogP contribution in [0.5, 0.6) is 6.01 Å². The van der Waals surface area contributed by atoms with E-state index in [9.17, 15) is 13.2 Å². The number of unbranched alkanes of at least 4 members (excludes halogenated alkanes) is 1. The first-order valence-corrected chi connectivity index (χ1v) is 7.77. The van der Waals surface area contributed by atoms with Crippen molar-refractivity contribution in [3.63, 3.8) is 0 Å². The summed E-state index contributed by atoms with van der Waals surface area (Å²) in [6.45, 7) is 2.34. The molecule has 0 unspecified atom stereocenters. The first-order valence-electron chi connectivity index (χ1n) is 7.39. The van der Waals surface area contributed by atoms with Crippen LogP contribution < -0.4 is 9.64 Å². The summed E-state index contributed by atoms with van der Waals surface area (Å²) >= 11 is 5.82. The Balaban J connectivity index is 2.39. The minimum Gasteiger partial charge on any atom is -0.463 e. The van der Waals surface area contributed by atoms with Crippen molar-refractivity contribution in [2.24, 2.45) is 0 Å². The molecule has 0 amide bonds. The van der Waals surface area contributed by atoms with Crippen LogP contribution in [0.2, 0.25) is 5.02 Å². The molecule has 0 bridgehead atoms. The van der Waals surface area contributed by atoms with Crippen LogP contribution in [0.25, 0.3) is 0 Å². The van der Waals surface area contributed by atoms with E-state index in [1.807, 2.05) is 6.92 Å². The predicted octanol–water partition coefficient (Wildman–Crippen LogP) is 5.10. The lowest BCUT2D eigenvalue weighted by atomic mass is 10.2. The summed E-state index contributed by atoms with van der Waals surface area (Å²) in [5, 5.41) is 0.495. The summed E-state index contributed by atoms with van der Waals surface area (Å²) in [6.07, 6.45) is -2.15. The standard InChI is InChI=1S/C16H17ClF3N3O/c1-3-4-9-24-15-21-10-13(16(18,19)20)14(22-15)23(2)12-7-5-11(17)6-8-12/h5-8,10H,3-4,9H2,1-2H3. The van der Waals surface area contributed by atoms with Gasteiger partial charge in [-0.1, -0.05) is 24.9 Å². The van der Waals surface area contributed by atoms with E-state index in [0.29, 0.717) is 17.3 Å². The molecule has 130 valence electrons. The second-order valence-corrected chi connectivity index (χ2v) is 5.56. The number of halogens is 4. The molecule has 0 radical (unpaired) electrons. The van der Waals surface area contributed by atoms with Gasteiger partial charge in [0.2, 0.25) is 0 Å². The highest BCUT2D eigenvalue weighted by Gasteiger charge is 2.36. The van der Waals surface area contributed by atoms with Crippen molar-refractivity contribution in [3.8, 4) is 6.01 Å². The summed E-state index contributed by atoms with van der Waals surface area (Å²) in [5.41, 5.74) is -0.411. The summed E-state index contributed by atoms with van der Waals surface area (Å²) < 4.78 is 45.1. The maximum absolute atomic E-state index is 13.3. The molecular weight excluding hydrogens is 343 g/mol. The quantitative estimate of drug-likeness (QED) is 0.673. The molecule has 1 aromatic carbocycles. The van der Waals surface area contributed by atoms with Crippen LogP contribution in [-0.2, 0) is 6.18 Å². The van der Waals surface area contributed by atoms with Gasteiger partial charge in [0, 0.05) is 24.0 Å². The molecule has 0 N–H and O–H groups in total. The third kappa shape index (κ3) is 4.50. The van der Waals surface area contributed by atoms with Crippen molar-refractivity contribution < 1.29 is 17.9 Å². The second kappa shape index (κ2) is 7.70. The maximum Gasteiger partial charge on any atom is 0.421 e. The van der Waals surface area contributed by atoms with Gasteiger partial charge >= 0.3 is 12.2 Å². The Hall–Kier alpha value is -2.02. The van der Waals surface area contributed by atoms with E-state index in [1.54, 1.807) is 24.3 Å². The van der Waals surface area contributed by atoms with Gasteiger partial charge in [-0.25, -0.2) is 4.98 Å². The first kappa shape index (κ1) is 18.3. The van der Waals surface area contributed by atoms with Crippen LogP contribution in [-0.4, -0.2) is 23.6 Å². The van der Waals surface area contributed by atoms with Gasteiger partial charge in [-0.05, 0) is 30.7 Å². The zero-order valence-corrected chi connectivity index (χ0v) is 14.0. The highest BCUT2D eigenvalue weighted by molar-refractivity contribution is 6.30. The normalized spacial score (nSPS) is 11.4. The summed E-state index contributed by atoms with van der Waals surface area (Å²) in [4.78, 5) is 8.94. The Morgan fingerprint density at radius 1 is 1.21 bits per heavy atom. The highest BCUT2D eigenvalue weighted by Crippen LogP contribution is 2.37. The molecule has 0 atom stereocenters. The van der Waals surface area contributed by atoms with Gasteiger partial charge in [-0.2, -0.15) is 18.2 Å². The molecule has 0 saturated heterocycles. The topological polar surface area (TPSA) is 38.2 Å². The molecule has 2 rings (SSSR count). The molecule has 4 nitrogen and oxygen atoms in total. The number of hydrogen-bond donors (Lipinski definition) is 0. The molecule has 0 spiro atoms. The number of ether oxygens (including phenoxy) is 1. The van der Waals surface area contributed by atoms with Crippen LogP contribution in [0, 0.1) is 0 Å². The number of aromatic nitrogens is 2. The molecule has 2 aromatic rings. The molecular formula is C16H17ClF3N3O. The van der Waals surface area contributed by atoms with E-state index in [0.717, 1.165) is 19.0 Å². The lowest BCUT2D eigenvalue weighted by Crippen LogP contribution is -2.19. The molecule has 0 aliphatic carbocycles. The molecule has 0 saturated carbocycles. The highest BCUT2D eigenvalue weighted by atomic mass is 35.5. The van der Waals surface area contributed by atoms with E-state index in [4.69, 9.17) is 16.3 Å². The lowest BCUT2D eigenvalue weighted by molar-refractivity contribution is -0.137. The van der Waals surface area contributed by atoms with Crippen LogP contribution >= 0.6 is 11.6 Å². The number of hydrogen-bond acceptors (Lipinski definition) is 4. The van der Waals surface area contributed by atoms with Crippen molar-refractivity contribution >= 4 is 23.1 Å². The first-order chi connectivity index (χ1) is 11.3. The molecule has 1 heterocycles. The SMILES string of the molecule is CCCCOc1ncc(C(F)(F)F)c(N(C)c2ccc(Cl)cc2)n1. The zero-order valence-electron chi connectivity index (χ0n) is 13.3. The van der Waals surface area contributed by atoms with E-state index in [1.165, 1.54) is 11.9 Å². The van der Waals surface area contributed by atoms with Crippen LogP contribution in [0.3, 0.4) is 0 Å². The second-order valence-electron chi connectivity index (χ2n) is 5.13. The van der Waals surface area contributed by atoms with Gasteiger partial charge in [0.15, 0.2) is 5.82 Å². The average molecular weight is 360 g/mol. The van der Waals surface area contributed by atoms with E-state index < -0.39 is 11.7 Å². The number of alkyl halides is 3. The summed E-state index contributed by atoms with van der Waals surface area (Å²) in [5.74, 6) is -0.272. The molecule has 1 aromatic heterocycles. The Kier molecular flexibility index (Phi) is 5.88. The van der Waals surface area contributed by atoms with E-state index in [2.05, 4.69) is 9.97 Å². The summed E-state index contributed by atoms with van der Waals surface area (Å²) in [6, 6.07) is 6.35. The van der Waals surface area contributed by atoms with Crippen molar-refractivity contribution in [1.29, 1.82) is 0 Å². The number of benzene rings is 1. The number of nitrogens with zero attached hydrogens (tertiary/aromatic N) is 3.